The van der Waals surface area contributed by atoms with E-state index in [4.69, 9.17) is 4.74 Å². The molecule has 9 nitrogen and oxygen atoms in total. The summed E-state index contributed by atoms with van der Waals surface area (Å²) in [7, 11) is 1.40. The molecule has 0 aliphatic rings. The topological polar surface area (TPSA) is 148 Å². The number of ether oxygens (including phenoxy) is 1. The lowest BCUT2D eigenvalue weighted by Gasteiger charge is -2.17. The Labute approximate surface area is 173 Å². The predicted octanol–water partition coefficient (Wildman–Crippen LogP) is 1.50. The Hall–Kier alpha value is -3.46. The molecule has 0 saturated heterocycles. The van der Waals surface area contributed by atoms with Crippen molar-refractivity contribution in [2.24, 2.45) is 0 Å². The number of phenols is 3. The molecule has 1 atom stereocenters. The quantitative estimate of drug-likeness (QED) is 0.253. The third kappa shape index (κ3) is 5.77. The molecule has 0 aromatic heterocycles. The van der Waals surface area contributed by atoms with Gasteiger partial charge in [-0.05, 0) is 43.5 Å². The molecule has 162 valence electrons. The molecule has 0 saturated carbocycles. The molecule has 9 heteroatoms. The molecule has 2 aromatic rings. The lowest BCUT2D eigenvalue weighted by Crippen LogP contribution is -2.37. The van der Waals surface area contributed by atoms with Crippen LogP contribution in [0, 0.1) is 0 Å². The monoisotopic (exact) mass is 418 g/mol. The molecule has 2 aromatic carbocycles. The normalized spacial score (nSPS) is 11.5. The molecule has 0 fully saturated rings. The fourth-order valence-electron chi connectivity index (χ4n) is 2.87. The van der Waals surface area contributed by atoms with Crippen molar-refractivity contribution in [3.8, 4) is 23.0 Å². The fraction of sp³-hybridized carbons (Fsp3) is 0.333. The van der Waals surface area contributed by atoms with E-state index in [9.17, 15) is 30.0 Å². The number of amides is 2. The SMILES string of the molecule is COc1cccc(C(=O)NCCCCC(CO)NC(=O)c2cccc(O)c2O)c1O. The molecular formula is C21H26N2O7. The van der Waals surface area contributed by atoms with Crippen molar-refractivity contribution >= 4 is 11.8 Å². The fourth-order valence-corrected chi connectivity index (χ4v) is 2.87. The highest BCUT2D eigenvalue weighted by Crippen LogP contribution is 2.29. The van der Waals surface area contributed by atoms with Crippen LogP contribution in [0.3, 0.4) is 0 Å². The van der Waals surface area contributed by atoms with E-state index < -0.39 is 29.4 Å². The van der Waals surface area contributed by atoms with Gasteiger partial charge in [-0.15, -0.1) is 0 Å². The van der Waals surface area contributed by atoms with Gasteiger partial charge in [0.1, 0.15) is 0 Å². The summed E-state index contributed by atoms with van der Waals surface area (Å²) in [4.78, 5) is 24.4. The molecular weight excluding hydrogens is 392 g/mol. The second-order valence-corrected chi connectivity index (χ2v) is 6.63. The Morgan fingerprint density at radius 2 is 1.63 bits per heavy atom. The average molecular weight is 418 g/mol. The molecule has 30 heavy (non-hydrogen) atoms. The summed E-state index contributed by atoms with van der Waals surface area (Å²) in [6.45, 7) is 0.0459. The van der Waals surface area contributed by atoms with Crippen LogP contribution in [0.2, 0.25) is 0 Å². The number of para-hydroxylation sites is 2. The third-order valence-electron chi connectivity index (χ3n) is 4.54. The molecule has 6 N–H and O–H groups in total. The van der Waals surface area contributed by atoms with E-state index >= 15 is 0 Å². The number of phenolic OH excluding ortho intramolecular Hbond substituents is 3. The van der Waals surface area contributed by atoms with E-state index in [0.717, 1.165) is 0 Å². The maximum Gasteiger partial charge on any atom is 0.255 e. The Morgan fingerprint density at radius 1 is 0.967 bits per heavy atom. The van der Waals surface area contributed by atoms with E-state index in [-0.39, 0.29) is 29.2 Å². The number of methoxy groups -OCH3 is 1. The number of aliphatic hydroxyl groups excluding tert-OH is 1. The molecule has 0 aliphatic heterocycles. The Kier molecular flexibility index (Phi) is 8.30. The van der Waals surface area contributed by atoms with Gasteiger partial charge >= 0.3 is 0 Å². The highest BCUT2D eigenvalue weighted by atomic mass is 16.5. The van der Waals surface area contributed by atoms with Gasteiger partial charge in [-0.3, -0.25) is 9.59 Å². The van der Waals surface area contributed by atoms with Gasteiger partial charge in [0, 0.05) is 6.54 Å². The van der Waals surface area contributed by atoms with Crippen molar-refractivity contribution in [1.82, 2.24) is 10.6 Å². The van der Waals surface area contributed by atoms with Crippen LogP contribution in [0.1, 0.15) is 40.0 Å². The van der Waals surface area contributed by atoms with Gasteiger partial charge in [0.15, 0.2) is 23.0 Å². The highest BCUT2D eigenvalue weighted by molar-refractivity contribution is 5.98. The van der Waals surface area contributed by atoms with E-state index in [1.165, 1.54) is 31.4 Å². The number of carbonyl (C=O) groups excluding carboxylic acids is 2. The number of aromatic hydroxyl groups is 3. The van der Waals surface area contributed by atoms with Crippen molar-refractivity contribution in [3.63, 3.8) is 0 Å². The largest absolute Gasteiger partial charge is 0.504 e. The molecule has 0 bridgehead atoms. The van der Waals surface area contributed by atoms with Gasteiger partial charge in [-0.25, -0.2) is 0 Å². The van der Waals surface area contributed by atoms with Crippen molar-refractivity contribution in [1.29, 1.82) is 0 Å². The summed E-state index contributed by atoms with van der Waals surface area (Å²) in [5.41, 5.74) is 0.0274. The first-order chi connectivity index (χ1) is 14.4. The Balaban J connectivity index is 1.78. The van der Waals surface area contributed by atoms with E-state index in [1.54, 1.807) is 12.1 Å². The van der Waals surface area contributed by atoms with Crippen molar-refractivity contribution < 1.29 is 34.8 Å². The first kappa shape index (κ1) is 22.8. The summed E-state index contributed by atoms with van der Waals surface area (Å²) >= 11 is 0. The smallest absolute Gasteiger partial charge is 0.255 e. The van der Waals surface area contributed by atoms with Crippen LogP contribution in [0.4, 0.5) is 0 Å². The highest BCUT2D eigenvalue weighted by Gasteiger charge is 2.18. The van der Waals surface area contributed by atoms with Gasteiger partial charge < -0.3 is 35.8 Å². The van der Waals surface area contributed by atoms with Gasteiger partial charge in [0.25, 0.3) is 11.8 Å². The second kappa shape index (κ2) is 10.9. The molecule has 0 radical (unpaired) electrons. The minimum absolute atomic E-state index is 0.0844. The van der Waals surface area contributed by atoms with Crippen molar-refractivity contribution in [2.75, 3.05) is 20.3 Å². The third-order valence-corrected chi connectivity index (χ3v) is 4.54. The van der Waals surface area contributed by atoms with Crippen LogP contribution in [0.5, 0.6) is 23.0 Å². The van der Waals surface area contributed by atoms with E-state index in [0.29, 0.717) is 25.8 Å². The van der Waals surface area contributed by atoms with Crippen molar-refractivity contribution in [3.05, 3.63) is 47.5 Å². The minimum Gasteiger partial charge on any atom is -0.504 e. The predicted molar refractivity (Wildman–Crippen MR) is 109 cm³/mol. The van der Waals surface area contributed by atoms with Crippen LogP contribution in [0.15, 0.2) is 36.4 Å². The Bertz CT molecular complexity index is 886. The summed E-state index contributed by atoms with van der Waals surface area (Å²) in [6.07, 6.45) is 1.63. The average Bonchev–Trinajstić information content (AvgIpc) is 2.74. The zero-order chi connectivity index (χ0) is 22.1. The van der Waals surface area contributed by atoms with Gasteiger partial charge in [0.05, 0.1) is 30.9 Å². The first-order valence-electron chi connectivity index (χ1n) is 9.45. The number of unbranched alkanes of at least 4 members (excludes halogenated alkanes) is 1. The molecule has 2 amide bonds. The number of hydrogen-bond donors (Lipinski definition) is 6. The van der Waals surface area contributed by atoms with Crippen LogP contribution in [-0.4, -0.2) is 58.5 Å². The summed E-state index contributed by atoms with van der Waals surface area (Å²) in [5.74, 6) is -1.98. The Morgan fingerprint density at radius 3 is 2.30 bits per heavy atom. The van der Waals surface area contributed by atoms with E-state index in [1.807, 2.05) is 0 Å². The number of carbonyl (C=O) groups is 2. The molecule has 0 spiro atoms. The van der Waals surface area contributed by atoms with Gasteiger partial charge in [-0.1, -0.05) is 12.1 Å². The van der Waals surface area contributed by atoms with Crippen LogP contribution in [-0.2, 0) is 0 Å². The van der Waals surface area contributed by atoms with Crippen LogP contribution < -0.4 is 15.4 Å². The lowest BCUT2D eigenvalue weighted by molar-refractivity contribution is 0.0908. The van der Waals surface area contributed by atoms with Crippen LogP contribution in [0.25, 0.3) is 0 Å². The zero-order valence-corrected chi connectivity index (χ0v) is 16.6. The summed E-state index contributed by atoms with van der Waals surface area (Å²) in [5, 5.41) is 44.0. The van der Waals surface area contributed by atoms with Crippen LogP contribution >= 0.6 is 0 Å². The van der Waals surface area contributed by atoms with Crippen molar-refractivity contribution in [2.45, 2.75) is 25.3 Å². The standard InChI is InChI=1S/C21H26N2O7/c1-30-17-10-5-8-15(19(17)27)20(28)22-11-3-2-6-13(12-24)23-21(29)14-7-4-9-16(25)18(14)26/h4-5,7-10,13,24-27H,2-3,6,11-12H2,1H3,(H,22,28)(H,23,29). The minimum atomic E-state index is -0.607. The number of hydrogen-bond acceptors (Lipinski definition) is 7. The second-order valence-electron chi connectivity index (χ2n) is 6.63. The maximum absolute atomic E-state index is 12.2. The van der Waals surface area contributed by atoms with E-state index in [2.05, 4.69) is 10.6 Å². The van der Waals surface area contributed by atoms with Gasteiger partial charge in [-0.2, -0.15) is 0 Å². The molecule has 0 heterocycles. The molecule has 2 rings (SSSR count). The first-order valence-corrected chi connectivity index (χ1v) is 9.45. The maximum atomic E-state index is 12.2. The zero-order valence-electron chi connectivity index (χ0n) is 16.6. The lowest BCUT2D eigenvalue weighted by atomic mass is 10.1. The summed E-state index contributed by atoms with van der Waals surface area (Å²) < 4.78 is 4.98. The molecule has 1 unspecified atom stereocenters. The number of benzene rings is 2. The number of nitrogens with one attached hydrogen (secondary N) is 2. The number of aliphatic hydroxyl groups is 1. The molecule has 0 aliphatic carbocycles. The van der Waals surface area contributed by atoms with Gasteiger partial charge in [0.2, 0.25) is 0 Å². The summed E-state index contributed by atoms with van der Waals surface area (Å²) in [6, 6.07) is 8.15. The number of rotatable bonds is 10.